The monoisotopic (exact) mass is 232 g/mol. The van der Waals surface area contributed by atoms with Gasteiger partial charge < -0.3 is 15.0 Å². The number of hydrogen-bond donors (Lipinski definition) is 1. The Morgan fingerprint density at radius 2 is 2.06 bits per heavy atom. The first-order chi connectivity index (χ1) is 8.25. The highest BCUT2D eigenvalue weighted by atomic mass is 16.5. The minimum Gasteiger partial charge on any atom is -0.462 e. The van der Waals surface area contributed by atoms with E-state index in [-0.39, 0.29) is 24.6 Å². The van der Waals surface area contributed by atoms with Gasteiger partial charge in [-0.2, -0.15) is 0 Å². The molecule has 0 unspecified atom stereocenters. The lowest BCUT2D eigenvalue weighted by Gasteiger charge is -2.20. The molecule has 0 bridgehead atoms. The minimum absolute atomic E-state index is 0.171. The summed E-state index contributed by atoms with van der Waals surface area (Å²) in [5.41, 5.74) is 1.04. The molecular weight excluding hydrogens is 220 g/mol. The van der Waals surface area contributed by atoms with Gasteiger partial charge in [-0.25, -0.2) is 9.59 Å². The summed E-state index contributed by atoms with van der Waals surface area (Å²) in [6.07, 6.45) is 0. The van der Waals surface area contributed by atoms with Crippen molar-refractivity contribution in [2.45, 2.75) is 18.6 Å². The number of esters is 1. The zero-order chi connectivity index (χ0) is 11.8. The van der Waals surface area contributed by atoms with Crippen LogP contribution in [0.2, 0.25) is 0 Å². The van der Waals surface area contributed by atoms with Crippen LogP contribution in [0.5, 0.6) is 0 Å². The predicted octanol–water partition coefficient (Wildman–Crippen LogP) is 0.506. The number of amides is 2. The van der Waals surface area contributed by atoms with Crippen molar-refractivity contribution in [3.05, 3.63) is 35.9 Å². The van der Waals surface area contributed by atoms with Crippen molar-refractivity contribution < 1.29 is 14.3 Å². The van der Waals surface area contributed by atoms with Crippen molar-refractivity contribution in [2.24, 2.45) is 0 Å². The van der Waals surface area contributed by atoms with Crippen LogP contribution in [0.1, 0.15) is 5.56 Å². The standard InChI is InChI=1S/C12H12N2O3/c15-11-10-9(7-17-11)14(12(16)13-10)6-8-4-2-1-3-5-8/h1-5,9-10H,6-7H2,(H,13,16)/t9-,10-/m0/s1. The lowest BCUT2D eigenvalue weighted by atomic mass is 10.1. The molecule has 1 aromatic rings. The average molecular weight is 232 g/mol. The van der Waals surface area contributed by atoms with Gasteiger partial charge in [0.2, 0.25) is 0 Å². The van der Waals surface area contributed by atoms with E-state index in [0.29, 0.717) is 6.54 Å². The fourth-order valence-electron chi connectivity index (χ4n) is 2.27. The number of carbonyl (C=O) groups is 2. The highest BCUT2D eigenvalue weighted by molar-refractivity contribution is 5.90. The molecule has 0 aliphatic carbocycles. The zero-order valence-electron chi connectivity index (χ0n) is 9.13. The van der Waals surface area contributed by atoms with Gasteiger partial charge in [0.25, 0.3) is 0 Å². The molecule has 2 fully saturated rings. The SMILES string of the molecule is O=C1OC[C@H]2[C@@H]1NC(=O)N2Cc1ccccc1. The maximum absolute atomic E-state index is 11.7. The molecular formula is C12H12N2O3. The van der Waals surface area contributed by atoms with Crippen LogP contribution in [0.15, 0.2) is 30.3 Å². The maximum Gasteiger partial charge on any atom is 0.331 e. The predicted molar refractivity (Wildman–Crippen MR) is 59.1 cm³/mol. The first-order valence-electron chi connectivity index (χ1n) is 5.53. The van der Waals surface area contributed by atoms with Crippen molar-refractivity contribution in [3.8, 4) is 0 Å². The molecule has 0 saturated carbocycles. The summed E-state index contributed by atoms with van der Waals surface area (Å²) in [6.45, 7) is 0.791. The van der Waals surface area contributed by atoms with Gasteiger partial charge in [-0.3, -0.25) is 0 Å². The van der Waals surface area contributed by atoms with Gasteiger partial charge in [0.1, 0.15) is 6.61 Å². The maximum atomic E-state index is 11.7. The molecule has 1 N–H and O–H groups in total. The molecule has 2 aliphatic rings. The van der Waals surface area contributed by atoms with Crippen LogP contribution in [0.4, 0.5) is 4.79 Å². The van der Waals surface area contributed by atoms with E-state index < -0.39 is 6.04 Å². The molecule has 3 rings (SSSR count). The summed E-state index contributed by atoms with van der Waals surface area (Å²) in [4.78, 5) is 24.7. The molecule has 17 heavy (non-hydrogen) atoms. The molecule has 2 atom stereocenters. The smallest absolute Gasteiger partial charge is 0.331 e. The molecule has 5 nitrogen and oxygen atoms in total. The normalized spacial score (nSPS) is 26.7. The Labute approximate surface area is 98.4 Å². The highest BCUT2D eigenvalue weighted by Gasteiger charge is 2.49. The topological polar surface area (TPSA) is 58.6 Å². The number of hydrogen-bond acceptors (Lipinski definition) is 3. The van der Waals surface area contributed by atoms with E-state index in [9.17, 15) is 9.59 Å². The van der Waals surface area contributed by atoms with Gasteiger partial charge in [-0.1, -0.05) is 30.3 Å². The van der Waals surface area contributed by atoms with Crippen LogP contribution in [0.3, 0.4) is 0 Å². The van der Waals surface area contributed by atoms with Gasteiger partial charge >= 0.3 is 12.0 Å². The molecule has 0 radical (unpaired) electrons. The molecule has 5 heteroatoms. The van der Waals surface area contributed by atoms with E-state index in [1.54, 1.807) is 4.90 Å². The molecule has 2 aliphatic heterocycles. The summed E-state index contributed by atoms with van der Waals surface area (Å²) in [5, 5.41) is 2.65. The Morgan fingerprint density at radius 1 is 1.29 bits per heavy atom. The molecule has 2 amide bonds. The van der Waals surface area contributed by atoms with E-state index in [1.165, 1.54) is 0 Å². The summed E-state index contributed by atoms with van der Waals surface area (Å²) < 4.78 is 4.94. The van der Waals surface area contributed by atoms with Gasteiger partial charge in [-0.15, -0.1) is 0 Å². The van der Waals surface area contributed by atoms with Crippen molar-refractivity contribution in [1.82, 2.24) is 10.2 Å². The third-order valence-corrected chi connectivity index (χ3v) is 3.17. The summed E-state index contributed by atoms with van der Waals surface area (Å²) in [5.74, 6) is -0.334. The second-order valence-electron chi connectivity index (χ2n) is 4.24. The summed E-state index contributed by atoms with van der Waals surface area (Å²) in [6, 6.07) is 8.84. The number of nitrogens with one attached hydrogen (secondary N) is 1. The second-order valence-corrected chi connectivity index (χ2v) is 4.24. The molecule has 1 aromatic carbocycles. The fraction of sp³-hybridized carbons (Fsp3) is 0.333. The zero-order valence-corrected chi connectivity index (χ0v) is 9.13. The Hall–Kier alpha value is -2.04. The number of cyclic esters (lactones) is 1. The number of ether oxygens (including phenoxy) is 1. The lowest BCUT2D eigenvalue weighted by molar-refractivity contribution is -0.139. The van der Waals surface area contributed by atoms with Gasteiger partial charge in [0.05, 0.1) is 6.04 Å². The summed E-state index contributed by atoms with van der Waals surface area (Å²) >= 11 is 0. The third-order valence-electron chi connectivity index (χ3n) is 3.17. The van der Waals surface area contributed by atoms with Gasteiger partial charge in [0, 0.05) is 6.54 Å². The third kappa shape index (κ3) is 1.63. The molecule has 0 aromatic heterocycles. The Bertz CT molecular complexity index is 460. The number of urea groups is 1. The van der Waals surface area contributed by atoms with Crippen molar-refractivity contribution in [3.63, 3.8) is 0 Å². The quantitative estimate of drug-likeness (QED) is 0.756. The van der Waals surface area contributed by atoms with Crippen LogP contribution < -0.4 is 5.32 Å². The van der Waals surface area contributed by atoms with Crippen molar-refractivity contribution in [1.29, 1.82) is 0 Å². The Kier molecular flexibility index (Phi) is 2.24. The van der Waals surface area contributed by atoms with Crippen molar-refractivity contribution in [2.75, 3.05) is 6.61 Å². The highest BCUT2D eigenvalue weighted by Crippen LogP contribution is 2.23. The van der Waals surface area contributed by atoms with Crippen molar-refractivity contribution >= 4 is 12.0 Å². The van der Waals surface area contributed by atoms with Crippen LogP contribution in [-0.4, -0.2) is 35.6 Å². The fourth-order valence-corrected chi connectivity index (χ4v) is 2.27. The summed E-state index contributed by atoms with van der Waals surface area (Å²) in [7, 11) is 0. The Balaban J connectivity index is 1.79. The van der Waals surface area contributed by atoms with E-state index in [1.807, 2.05) is 30.3 Å². The number of nitrogens with zero attached hydrogens (tertiary/aromatic N) is 1. The lowest BCUT2D eigenvalue weighted by Crippen LogP contribution is -2.36. The molecule has 88 valence electrons. The van der Waals surface area contributed by atoms with E-state index in [2.05, 4.69) is 5.32 Å². The molecule has 2 heterocycles. The molecule has 0 spiro atoms. The largest absolute Gasteiger partial charge is 0.462 e. The minimum atomic E-state index is -0.494. The first kappa shape index (κ1) is 10.1. The number of fused-ring (bicyclic) bond motifs is 1. The second kappa shape index (κ2) is 3.76. The number of carbonyl (C=O) groups excluding carboxylic acids is 2. The number of benzene rings is 1. The average Bonchev–Trinajstić information content (AvgIpc) is 2.83. The van der Waals surface area contributed by atoms with Crippen LogP contribution in [0.25, 0.3) is 0 Å². The van der Waals surface area contributed by atoms with E-state index in [4.69, 9.17) is 4.74 Å². The van der Waals surface area contributed by atoms with Gasteiger partial charge in [0.15, 0.2) is 6.04 Å². The van der Waals surface area contributed by atoms with Crippen LogP contribution >= 0.6 is 0 Å². The van der Waals surface area contributed by atoms with E-state index in [0.717, 1.165) is 5.56 Å². The van der Waals surface area contributed by atoms with Crippen LogP contribution in [0, 0.1) is 0 Å². The first-order valence-corrected chi connectivity index (χ1v) is 5.53. The Morgan fingerprint density at radius 3 is 2.82 bits per heavy atom. The van der Waals surface area contributed by atoms with E-state index >= 15 is 0 Å². The van der Waals surface area contributed by atoms with Gasteiger partial charge in [-0.05, 0) is 5.56 Å². The number of rotatable bonds is 2. The van der Waals surface area contributed by atoms with Crippen LogP contribution in [-0.2, 0) is 16.1 Å². The molecule has 2 saturated heterocycles.